The van der Waals surface area contributed by atoms with Gasteiger partial charge < -0.3 is 33.8 Å². The highest BCUT2D eigenvalue weighted by molar-refractivity contribution is 7.47. The van der Waals surface area contributed by atoms with E-state index in [1.54, 1.807) is 0 Å². The van der Waals surface area contributed by atoms with Crippen LogP contribution >= 0.6 is 15.6 Å². The smallest absolute Gasteiger partial charge is 0.462 e. The van der Waals surface area contributed by atoms with Crippen LogP contribution in [0.2, 0.25) is 0 Å². The third-order valence-corrected chi connectivity index (χ3v) is 20.2. The molecule has 3 unspecified atom stereocenters. The second kappa shape index (κ2) is 68.2. The van der Waals surface area contributed by atoms with Crippen LogP contribution in [0.1, 0.15) is 402 Å². The summed E-state index contributed by atoms with van der Waals surface area (Å²) in [4.78, 5) is 72.9. The lowest BCUT2D eigenvalue weighted by atomic mass is 10.0. The molecule has 0 saturated heterocycles. The maximum atomic E-state index is 13.1. The number of carbonyl (C=O) groups excluding carboxylic acids is 4. The maximum absolute atomic E-state index is 13.1. The van der Waals surface area contributed by atoms with Crippen LogP contribution in [0, 0.1) is 23.7 Å². The molecule has 98 heavy (non-hydrogen) atoms. The van der Waals surface area contributed by atoms with Gasteiger partial charge in [-0.25, -0.2) is 9.13 Å². The van der Waals surface area contributed by atoms with Crippen LogP contribution in [0.4, 0.5) is 0 Å². The summed E-state index contributed by atoms with van der Waals surface area (Å²) in [5.74, 6) is 0.904. The highest BCUT2D eigenvalue weighted by Crippen LogP contribution is 2.45. The normalized spacial score (nSPS) is 14.1. The summed E-state index contributed by atoms with van der Waals surface area (Å²) in [6.07, 6.45) is 54.4. The number of carbonyl (C=O) groups is 4. The molecule has 0 aliphatic heterocycles. The molecule has 17 nitrogen and oxygen atoms in total. The van der Waals surface area contributed by atoms with Crippen molar-refractivity contribution in [3.63, 3.8) is 0 Å². The van der Waals surface area contributed by atoms with Crippen LogP contribution in [-0.4, -0.2) is 96.7 Å². The quantitative estimate of drug-likeness (QED) is 0.0222. The number of aliphatic hydroxyl groups is 1. The number of hydrogen-bond donors (Lipinski definition) is 3. The van der Waals surface area contributed by atoms with Gasteiger partial charge in [-0.15, -0.1) is 0 Å². The average molecular weight is 1440 g/mol. The molecular formula is C79H154O17P2. The number of hydrogen-bond acceptors (Lipinski definition) is 15. The van der Waals surface area contributed by atoms with Crippen LogP contribution < -0.4 is 0 Å². The van der Waals surface area contributed by atoms with Gasteiger partial charge in [0.1, 0.15) is 19.3 Å². The van der Waals surface area contributed by atoms with E-state index in [4.69, 9.17) is 37.0 Å². The summed E-state index contributed by atoms with van der Waals surface area (Å²) in [5.41, 5.74) is 0. The fourth-order valence-corrected chi connectivity index (χ4v) is 13.7. The first-order valence-electron chi connectivity index (χ1n) is 40.7. The van der Waals surface area contributed by atoms with E-state index in [0.717, 1.165) is 114 Å². The van der Waals surface area contributed by atoms with Gasteiger partial charge in [-0.1, -0.05) is 351 Å². The lowest BCUT2D eigenvalue weighted by Gasteiger charge is -2.21. The highest BCUT2D eigenvalue weighted by Gasteiger charge is 2.30. The Balaban J connectivity index is 5.18. The average Bonchev–Trinajstić information content (AvgIpc) is 1.13. The molecule has 0 aromatic carbocycles. The molecule has 0 aromatic rings. The molecule has 0 radical (unpaired) electrons. The van der Waals surface area contributed by atoms with Crippen LogP contribution in [-0.2, 0) is 65.4 Å². The molecule has 0 aliphatic carbocycles. The Labute approximate surface area is 600 Å². The number of rotatable bonds is 76. The Morgan fingerprint density at radius 3 is 0.633 bits per heavy atom. The second-order valence-corrected chi connectivity index (χ2v) is 33.3. The summed E-state index contributed by atoms with van der Waals surface area (Å²) in [6, 6.07) is 0. The van der Waals surface area contributed by atoms with E-state index in [0.29, 0.717) is 31.6 Å². The molecule has 19 heteroatoms. The zero-order valence-corrected chi connectivity index (χ0v) is 66.2. The van der Waals surface area contributed by atoms with Crippen molar-refractivity contribution < 1.29 is 80.2 Å². The minimum Gasteiger partial charge on any atom is -0.462 e. The minimum atomic E-state index is -4.96. The number of aliphatic hydroxyl groups excluding tert-OH is 1. The fraction of sp³-hybridized carbons (Fsp3) is 0.949. The Bertz CT molecular complexity index is 1920. The Morgan fingerprint density at radius 1 is 0.255 bits per heavy atom. The molecule has 0 bridgehead atoms. The lowest BCUT2D eigenvalue weighted by Crippen LogP contribution is -2.30. The Morgan fingerprint density at radius 2 is 0.429 bits per heavy atom. The zero-order valence-electron chi connectivity index (χ0n) is 64.4. The van der Waals surface area contributed by atoms with E-state index in [2.05, 4.69) is 55.4 Å². The van der Waals surface area contributed by atoms with Crippen LogP contribution in [0.5, 0.6) is 0 Å². The first kappa shape index (κ1) is 96.1. The van der Waals surface area contributed by atoms with Gasteiger partial charge in [-0.3, -0.25) is 37.3 Å². The molecule has 5 atom stereocenters. The molecule has 0 amide bonds. The van der Waals surface area contributed by atoms with Crippen molar-refractivity contribution in [3.8, 4) is 0 Å². The predicted octanol–water partition coefficient (Wildman–Crippen LogP) is 23.2. The molecule has 0 aliphatic rings. The standard InChI is InChI=1S/C79H154O17P2/c1-69(2)55-47-39-31-25-21-17-13-9-11-15-19-23-27-35-45-53-61-78(83)95-74(65-89-76(81)59-51-43-34-30-29-33-41-49-57-71(5)6)67-93-97(85,86)91-63-73(80)64-92-98(87,88)94-68-75(66-90-77(82)60-52-44-38-37-42-50-58-72(7)8)96-79(84)62-54-46-36-28-24-20-16-12-10-14-18-22-26-32-40-48-56-70(3)4/h69-75,80H,9-68H2,1-8H3,(H,85,86)(H,87,88)/t73?,74-,75-/m1/s1. The molecule has 0 fully saturated rings. The van der Waals surface area contributed by atoms with Gasteiger partial charge in [-0.2, -0.15) is 0 Å². The minimum absolute atomic E-state index is 0.106. The third-order valence-electron chi connectivity index (χ3n) is 18.3. The van der Waals surface area contributed by atoms with E-state index in [9.17, 15) is 43.2 Å². The van der Waals surface area contributed by atoms with Crippen molar-refractivity contribution in [1.82, 2.24) is 0 Å². The summed E-state index contributed by atoms with van der Waals surface area (Å²) >= 11 is 0. The summed E-state index contributed by atoms with van der Waals surface area (Å²) in [7, 11) is -9.92. The van der Waals surface area contributed by atoms with Crippen molar-refractivity contribution in [2.24, 2.45) is 23.7 Å². The van der Waals surface area contributed by atoms with E-state index < -0.39 is 97.5 Å². The number of phosphoric ester groups is 2. The van der Waals surface area contributed by atoms with E-state index in [1.165, 1.54) is 199 Å². The molecule has 0 rings (SSSR count). The molecule has 0 spiro atoms. The first-order chi connectivity index (χ1) is 47.1. The summed E-state index contributed by atoms with van der Waals surface area (Å²) < 4.78 is 68.6. The molecule has 582 valence electrons. The van der Waals surface area contributed by atoms with Crippen LogP contribution in [0.3, 0.4) is 0 Å². The summed E-state index contributed by atoms with van der Waals surface area (Å²) in [5, 5.41) is 10.6. The molecule has 0 heterocycles. The SMILES string of the molecule is CC(C)CCCCCCCCCCCCCCCCCCC(=O)O[C@H](COC(=O)CCCCCCCCCCC(C)C)COP(=O)(O)OCC(O)COP(=O)(O)OC[C@@H](COC(=O)CCCCCCCCC(C)C)OC(=O)CCCCCCCCCCCCCCCCCCC(C)C. The van der Waals surface area contributed by atoms with Gasteiger partial charge in [-0.05, 0) is 49.4 Å². The number of phosphoric acid groups is 2. The van der Waals surface area contributed by atoms with Crippen molar-refractivity contribution in [2.45, 2.75) is 420 Å². The molecule has 0 saturated carbocycles. The number of ether oxygens (including phenoxy) is 4. The maximum Gasteiger partial charge on any atom is 0.472 e. The van der Waals surface area contributed by atoms with Gasteiger partial charge >= 0.3 is 39.5 Å². The van der Waals surface area contributed by atoms with Crippen molar-refractivity contribution >= 4 is 39.5 Å². The van der Waals surface area contributed by atoms with Crippen molar-refractivity contribution in [1.29, 1.82) is 0 Å². The monoisotopic (exact) mass is 1440 g/mol. The summed E-state index contributed by atoms with van der Waals surface area (Å²) in [6.45, 7) is 14.2. The van der Waals surface area contributed by atoms with Crippen LogP contribution in [0.25, 0.3) is 0 Å². The van der Waals surface area contributed by atoms with Crippen LogP contribution in [0.15, 0.2) is 0 Å². The predicted molar refractivity (Wildman–Crippen MR) is 400 cm³/mol. The van der Waals surface area contributed by atoms with E-state index in [1.807, 2.05) is 0 Å². The van der Waals surface area contributed by atoms with Gasteiger partial charge in [0.15, 0.2) is 12.2 Å². The van der Waals surface area contributed by atoms with Crippen molar-refractivity contribution in [3.05, 3.63) is 0 Å². The largest absolute Gasteiger partial charge is 0.472 e. The molecular weight excluding hydrogens is 1280 g/mol. The van der Waals surface area contributed by atoms with Gasteiger partial charge in [0.25, 0.3) is 0 Å². The van der Waals surface area contributed by atoms with Crippen molar-refractivity contribution in [2.75, 3.05) is 39.6 Å². The van der Waals surface area contributed by atoms with Gasteiger partial charge in [0.05, 0.1) is 26.4 Å². The molecule has 3 N–H and O–H groups in total. The highest BCUT2D eigenvalue weighted by atomic mass is 31.2. The fourth-order valence-electron chi connectivity index (χ4n) is 12.1. The lowest BCUT2D eigenvalue weighted by molar-refractivity contribution is -0.161. The van der Waals surface area contributed by atoms with E-state index >= 15 is 0 Å². The Hall–Kier alpha value is -1.94. The first-order valence-corrected chi connectivity index (χ1v) is 43.7. The van der Waals surface area contributed by atoms with Gasteiger partial charge in [0, 0.05) is 25.7 Å². The number of unbranched alkanes of at least 4 members (excludes halogenated alkanes) is 42. The molecule has 0 aromatic heterocycles. The Kier molecular flexibility index (Phi) is 66.8. The third kappa shape index (κ3) is 72.4. The number of esters is 4. The topological polar surface area (TPSA) is 237 Å². The van der Waals surface area contributed by atoms with Gasteiger partial charge in [0.2, 0.25) is 0 Å². The van der Waals surface area contributed by atoms with E-state index in [-0.39, 0.29) is 25.7 Å². The second-order valence-electron chi connectivity index (χ2n) is 30.4. The zero-order chi connectivity index (χ0) is 72.4.